The lowest BCUT2D eigenvalue weighted by atomic mass is 10.0. The van der Waals surface area contributed by atoms with Crippen molar-refractivity contribution in [2.24, 2.45) is 0 Å². The lowest BCUT2D eigenvalue weighted by Gasteiger charge is -2.30. The van der Waals surface area contributed by atoms with Crippen molar-refractivity contribution in [1.29, 1.82) is 0 Å². The van der Waals surface area contributed by atoms with Gasteiger partial charge in [-0.25, -0.2) is 0 Å². The highest BCUT2D eigenvalue weighted by molar-refractivity contribution is 5.40. The van der Waals surface area contributed by atoms with Crippen molar-refractivity contribution in [3.8, 4) is 17.2 Å². The lowest BCUT2D eigenvalue weighted by molar-refractivity contribution is 0.184. The fourth-order valence-electron chi connectivity index (χ4n) is 4.13. The molecule has 0 saturated carbocycles. The smallest absolute Gasteiger partial charge is 0.157 e. The summed E-state index contributed by atoms with van der Waals surface area (Å²) in [4.78, 5) is 2.63. The number of aromatic hydroxyl groups is 3. The van der Waals surface area contributed by atoms with E-state index in [-0.39, 0.29) is 11.5 Å². The number of benzene rings is 2. The Labute approximate surface area is 155 Å². The van der Waals surface area contributed by atoms with Crippen LogP contribution >= 0.6 is 0 Å². The first kappa shape index (κ1) is 18.6. The Morgan fingerprint density at radius 3 is 2.27 bits per heavy atom. The molecule has 4 heteroatoms. The Kier molecular flexibility index (Phi) is 6.04. The molecule has 4 nitrogen and oxygen atoms in total. The van der Waals surface area contributed by atoms with Gasteiger partial charge in [0.25, 0.3) is 0 Å². The van der Waals surface area contributed by atoms with Crippen LogP contribution in [0.25, 0.3) is 0 Å². The van der Waals surface area contributed by atoms with E-state index in [9.17, 15) is 15.3 Å². The predicted molar refractivity (Wildman–Crippen MR) is 104 cm³/mol. The van der Waals surface area contributed by atoms with Gasteiger partial charge in [-0.2, -0.15) is 0 Å². The third-order valence-electron chi connectivity index (χ3n) is 5.47. The largest absolute Gasteiger partial charge is 0.508 e. The number of likely N-dealkylation sites (tertiary alicyclic amines) is 1. The summed E-state index contributed by atoms with van der Waals surface area (Å²) in [7, 11) is 0. The number of aryl methyl sites for hydroxylation is 1. The third-order valence-corrected chi connectivity index (χ3v) is 5.47. The van der Waals surface area contributed by atoms with Crippen molar-refractivity contribution in [1.82, 2.24) is 4.90 Å². The molecule has 1 saturated heterocycles. The van der Waals surface area contributed by atoms with Crippen LogP contribution in [0.1, 0.15) is 43.7 Å². The molecule has 0 bridgehead atoms. The van der Waals surface area contributed by atoms with Crippen LogP contribution in [-0.2, 0) is 12.8 Å². The van der Waals surface area contributed by atoms with Crippen molar-refractivity contribution in [3.63, 3.8) is 0 Å². The number of rotatable bonds is 7. The molecule has 1 aliphatic rings. The molecule has 1 heterocycles. The summed E-state index contributed by atoms with van der Waals surface area (Å²) in [5, 5.41) is 28.7. The second-order valence-corrected chi connectivity index (χ2v) is 7.36. The van der Waals surface area contributed by atoms with Gasteiger partial charge in [-0.1, -0.05) is 25.1 Å². The topological polar surface area (TPSA) is 63.9 Å². The van der Waals surface area contributed by atoms with Crippen molar-refractivity contribution in [2.75, 3.05) is 6.54 Å². The van der Waals surface area contributed by atoms with Crippen LogP contribution in [0, 0.1) is 0 Å². The summed E-state index contributed by atoms with van der Waals surface area (Å²) in [5.41, 5.74) is 2.34. The molecule has 2 aromatic rings. The van der Waals surface area contributed by atoms with E-state index >= 15 is 0 Å². The number of hydrogen-bond acceptors (Lipinski definition) is 4. The number of hydrogen-bond donors (Lipinski definition) is 3. The average molecular weight is 355 g/mol. The van der Waals surface area contributed by atoms with Gasteiger partial charge in [0.05, 0.1) is 0 Å². The second-order valence-electron chi connectivity index (χ2n) is 7.36. The highest BCUT2D eigenvalue weighted by atomic mass is 16.3. The molecular formula is C22H29NO3. The number of phenols is 3. The minimum Gasteiger partial charge on any atom is -0.508 e. The molecule has 1 aliphatic heterocycles. The summed E-state index contributed by atoms with van der Waals surface area (Å²) in [6, 6.07) is 13.8. The van der Waals surface area contributed by atoms with E-state index in [0.717, 1.165) is 37.8 Å². The fourth-order valence-corrected chi connectivity index (χ4v) is 4.13. The number of nitrogens with zero attached hydrogens (tertiary/aromatic N) is 1. The Morgan fingerprint density at radius 2 is 1.58 bits per heavy atom. The van der Waals surface area contributed by atoms with Gasteiger partial charge in [0.15, 0.2) is 11.5 Å². The zero-order valence-corrected chi connectivity index (χ0v) is 15.4. The predicted octanol–water partition coefficient (Wildman–Crippen LogP) is 4.22. The van der Waals surface area contributed by atoms with Crippen molar-refractivity contribution < 1.29 is 15.3 Å². The van der Waals surface area contributed by atoms with Gasteiger partial charge in [0.2, 0.25) is 0 Å². The highest BCUT2D eigenvalue weighted by Crippen LogP contribution is 2.32. The number of phenolic OH excluding ortho intramolecular Hbond substituents is 3. The summed E-state index contributed by atoms with van der Waals surface area (Å²) >= 11 is 0. The van der Waals surface area contributed by atoms with Gasteiger partial charge in [0.1, 0.15) is 5.75 Å². The van der Waals surface area contributed by atoms with Gasteiger partial charge >= 0.3 is 0 Å². The van der Waals surface area contributed by atoms with Gasteiger partial charge in [0, 0.05) is 12.1 Å². The first-order valence-corrected chi connectivity index (χ1v) is 9.61. The first-order chi connectivity index (χ1) is 12.6. The van der Waals surface area contributed by atoms with E-state index in [1.54, 1.807) is 24.3 Å². The van der Waals surface area contributed by atoms with Crippen LogP contribution in [-0.4, -0.2) is 38.8 Å². The minimum atomic E-state index is -0.0580. The molecule has 2 unspecified atom stereocenters. The molecule has 0 amide bonds. The van der Waals surface area contributed by atoms with Crippen LogP contribution in [0.4, 0.5) is 0 Å². The Hall–Kier alpha value is -2.20. The molecule has 0 aromatic heterocycles. The molecule has 0 aliphatic carbocycles. The van der Waals surface area contributed by atoms with Gasteiger partial charge in [-0.05, 0) is 80.5 Å². The maximum atomic E-state index is 9.74. The van der Waals surface area contributed by atoms with E-state index in [1.807, 2.05) is 18.2 Å². The van der Waals surface area contributed by atoms with Crippen LogP contribution in [0.3, 0.4) is 0 Å². The Bertz CT molecular complexity index is 714. The van der Waals surface area contributed by atoms with Crippen molar-refractivity contribution in [3.05, 3.63) is 53.6 Å². The van der Waals surface area contributed by atoms with E-state index in [1.165, 1.54) is 18.4 Å². The summed E-state index contributed by atoms with van der Waals surface area (Å²) < 4.78 is 0. The van der Waals surface area contributed by atoms with Crippen LogP contribution in [0.5, 0.6) is 17.2 Å². The van der Waals surface area contributed by atoms with Crippen LogP contribution in [0.2, 0.25) is 0 Å². The van der Waals surface area contributed by atoms with Crippen LogP contribution < -0.4 is 0 Å². The van der Waals surface area contributed by atoms with E-state index in [0.29, 0.717) is 17.8 Å². The fraction of sp³-hybridized carbons (Fsp3) is 0.455. The maximum Gasteiger partial charge on any atom is 0.157 e. The van der Waals surface area contributed by atoms with Crippen molar-refractivity contribution in [2.45, 2.75) is 57.5 Å². The van der Waals surface area contributed by atoms with Gasteiger partial charge in [-0.15, -0.1) is 0 Å². The van der Waals surface area contributed by atoms with E-state index < -0.39 is 0 Å². The molecule has 2 aromatic carbocycles. The van der Waals surface area contributed by atoms with E-state index in [2.05, 4.69) is 11.8 Å². The normalized spacial score (nSPS) is 20.5. The summed E-state index contributed by atoms with van der Waals surface area (Å²) in [5.74, 6) is 0.225. The van der Waals surface area contributed by atoms with Gasteiger partial charge < -0.3 is 15.3 Å². The maximum absolute atomic E-state index is 9.74. The van der Waals surface area contributed by atoms with Crippen molar-refractivity contribution >= 4 is 0 Å². The molecular weight excluding hydrogens is 326 g/mol. The molecule has 26 heavy (non-hydrogen) atoms. The SMILES string of the molecule is CCCN1C(CCc2ccc(O)cc2)CCC1Cc1ccc(O)c(O)c1. The second kappa shape index (κ2) is 8.45. The lowest BCUT2D eigenvalue weighted by Crippen LogP contribution is -2.38. The third kappa shape index (κ3) is 4.50. The quantitative estimate of drug-likeness (QED) is 0.651. The molecule has 0 spiro atoms. The zero-order chi connectivity index (χ0) is 18.5. The first-order valence-electron chi connectivity index (χ1n) is 9.61. The highest BCUT2D eigenvalue weighted by Gasteiger charge is 2.32. The minimum absolute atomic E-state index is 0.0357. The molecule has 2 atom stereocenters. The van der Waals surface area contributed by atoms with E-state index in [4.69, 9.17) is 0 Å². The summed E-state index contributed by atoms with van der Waals surface area (Å²) in [6.45, 7) is 3.31. The average Bonchev–Trinajstić information content (AvgIpc) is 3.00. The van der Waals surface area contributed by atoms with Gasteiger partial charge in [-0.3, -0.25) is 4.90 Å². The summed E-state index contributed by atoms with van der Waals surface area (Å²) in [6.07, 6.45) is 6.56. The molecule has 140 valence electrons. The molecule has 3 rings (SSSR count). The molecule has 1 fully saturated rings. The Balaban J connectivity index is 1.62. The molecule has 3 N–H and O–H groups in total. The standard InChI is InChI=1S/C22H29NO3/c1-2-13-23-18(7-3-16-4-10-20(24)11-5-16)8-9-19(23)14-17-6-12-21(25)22(26)15-17/h4-6,10-12,15,18-19,24-26H,2-3,7-9,13-14H2,1H3. The monoisotopic (exact) mass is 355 g/mol. The van der Waals surface area contributed by atoms with Crippen LogP contribution in [0.15, 0.2) is 42.5 Å². The zero-order valence-electron chi connectivity index (χ0n) is 15.4. The molecule has 0 radical (unpaired) electrons. The Morgan fingerprint density at radius 1 is 0.885 bits per heavy atom.